The van der Waals surface area contributed by atoms with Gasteiger partial charge in [0.15, 0.2) is 5.92 Å². The average Bonchev–Trinajstić information content (AvgIpc) is 2.71. The molecule has 0 bridgehead atoms. The zero-order chi connectivity index (χ0) is 20.0. The van der Waals surface area contributed by atoms with Crippen molar-refractivity contribution in [2.75, 3.05) is 14.2 Å². The third-order valence-electron chi connectivity index (χ3n) is 4.31. The molecule has 2 N–H and O–H groups in total. The fourth-order valence-electron chi connectivity index (χ4n) is 2.98. The van der Waals surface area contributed by atoms with E-state index in [1.807, 2.05) is 0 Å². The minimum Gasteiger partial charge on any atom is -0.468 e. The van der Waals surface area contributed by atoms with Gasteiger partial charge in [0.1, 0.15) is 0 Å². The SMILES string of the molecule is COC(=O)C(C(=O)OC)C(c1cccc([N+](=O)[O-])c1)C(N)c1ccccc1. The summed E-state index contributed by atoms with van der Waals surface area (Å²) in [6.07, 6.45) is 0. The maximum atomic E-state index is 12.4. The van der Waals surface area contributed by atoms with Gasteiger partial charge in [-0.15, -0.1) is 0 Å². The highest BCUT2D eigenvalue weighted by Crippen LogP contribution is 2.38. The molecule has 0 fully saturated rings. The number of nitro groups is 1. The van der Waals surface area contributed by atoms with E-state index in [0.29, 0.717) is 11.1 Å². The smallest absolute Gasteiger partial charge is 0.320 e. The second kappa shape index (κ2) is 8.91. The van der Waals surface area contributed by atoms with Crippen molar-refractivity contribution in [1.82, 2.24) is 0 Å². The first-order valence-corrected chi connectivity index (χ1v) is 8.11. The Hall–Kier alpha value is -3.26. The summed E-state index contributed by atoms with van der Waals surface area (Å²) >= 11 is 0. The van der Waals surface area contributed by atoms with Crippen LogP contribution < -0.4 is 5.73 Å². The lowest BCUT2D eigenvalue weighted by Gasteiger charge is -2.29. The molecule has 8 nitrogen and oxygen atoms in total. The number of hydrogen-bond donors (Lipinski definition) is 1. The van der Waals surface area contributed by atoms with E-state index in [1.165, 1.54) is 18.2 Å². The quantitative estimate of drug-likeness (QED) is 0.342. The Bertz CT molecular complexity index is 808. The molecule has 0 aliphatic heterocycles. The highest BCUT2D eigenvalue weighted by Gasteiger charge is 2.42. The first kappa shape index (κ1) is 20.1. The monoisotopic (exact) mass is 372 g/mol. The average molecular weight is 372 g/mol. The van der Waals surface area contributed by atoms with Crippen molar-refractivity contribution in [3.63, 3.8) is 0 Å². The van der Waals surface area contributed by atoms with Crippen LogP contribution in [0.15, 0.2) is 54.6 Å². The van der Waals surface area contributed by atoms with Gasteiger partial charge in [0.2, 0.25) is 0 Å². The number of nitrogens with two attached hydrogens (primary N) is 1. The minimum atomic E-state index is -1.38. The number of nitro benzene ring substituents is 1. The summed E-state index contributed by atoms with van der Waals surface area (Å²) in [4.78, 5) is 35.3. The molecule has 0 aromatic heterocycles. The van der Waals surface area contributed by atoms with Crippen molar-refractivity contribution in [2.45, 2.75) is 12.0 Å². The van der Waals surface area contributed by atoms with E-state index in [0.717, 1.165) is 14.2 Å². The molecule has 0 heterocycles. The topological polar surface area (TPSA) is 122 Å². The van der Waals surface area contributed by atoms with Crippen LogP contribution in [0.25, 0.3) is 0 Å². The van der Waals surface area contributed by atoms with Crippen LogP contribution in [0.1, 0.15) is 23.1 Å². The summed E-state index contributed by atoms with van der Waals surface area (Å²) in [5, 5.41) is 11.2. The van der Waals surface area contributed by atoms with Crippen molar-refractivity contribution in [1.29, 1.82) is 0 Å². The van der Waals surface area contributed by atoms with Crippen molar-refractivity contribution in [3.8, 4) is 0 Å². The third-order valence-corrected chi connectivity index (χ3v) is 4.31. The van der Waals surface area contributed by atoms with Crippen LogP contribution in [0.3, 0.4) is 0 Å². The normalized spacial score (nSPS) is 12.9. The van der Waals surface area contributed by atoms with Crippen LogP contribution in [-0.2, 0) is 19.1 Å². The molecule has 0 radical (unpaired) electrons. The van der Waals surface area contributed by atoms with Crippen molar-refractivity contribution < 1.29 is 24.0 Å². The fraction of sp³-hybridized carbons (Fsp3) is 0.263. The molecule has 2 rings (SSSR count). The minimum absolute atomic E-state index is 0.175. The Balaban J connectivity index is 2.63. The number of esters is 2. The van der Waals surface area contributed by atoms with Crippen LogP contribution in [0, 0.1) is 16.0 Å². The molecule has 0 saturated heterocycles. The lowest BCUT2D eigenvalue weighted by Crippen LogP contribution is -2.37. The van der Waals surface area contributed by atoms with E-state index >= 15 is 0 Å². The van der Waals surface area contributed by atoms with Gasteiger partial charge in [-0.2, -0.15) is 0 Å². The van der Waals surface area contributed by atoms with E-state index in [1.54, 1.807) is 36.4 Å². The Morgan fingerprint density at radius 1 is 0.963 bits per heavy atom. The number of carbonyl (C=O) groups is 2. The molecule has 2 unspecified atom stereocenters. The molecule has 2 atom stereocenters. The number of ether oxygens (including phenoxy) is 2. The molecule has 142 valence electrons. The van der Waals surface area contributed by atoms with Crippen LogP contribution in [0.2, 0.25) is 0 Å². The van der Waals surface area contributed by atoms with E-state index in [4.69, 9.17) is 15.2 Å². The molecular formula is C19H20N2O6. The molecule has 27 heavy (non-hydrogen) atoms. The van der Waals surface area contributed by atoms with E-state index in [-0.39, 0.29) is 5.69 Å². The maximum Gasteiger partial charge on any atom is 0.320 e. The molecular weight excluding hydrogens is 352 g/mol. The summed E-state index contributed by atoms with van der Waals surface area (Å²) in [7, 11) is 2.30. The molecule has 0 aliphatic rings. The molecule has 8 heteroatoms. The van der Waals surface area contributed by atoms with Gasteiger partial charge in [0.25, 0.3) is 5.69 Å². The lowest BCUT2D eigenvalue weighted by atomic mass is 9.78. The largest absolute Gasteiger partial charge is 0.468 e. The molecule has 0 aliphatic carbocycles. The Morgan fingerprint density at radius 3 is 2.04 bits per heavy atom. The van der Waals surface area contributed by atoms with Crippen LogP contribution in [0.4, 0.5) is 5.69 Å². The Morgan fingerprint density at radius 2 is 1.52 bits per heavy atom. The number of methoxy groups -OCH3 is 2. The first-order chi connectivity index (χ1) is 12.9. The van der Waals surface area contributed by atoms with Crippen LogP contribution >= 0.6 is 0 Å². The number of carbonyl (C=O) groups excluding carboxylic acids is 2. The third kappa shape index (κ3) is 4.48. The van der Waals surface area contributed by atoms with Gasteiger partial charge < -0.3 is 15.2 Å². The number of benzene rings is 2. The van der Waals surface area contributed by atoms with E-state index in [9.17, 15) is 19.7 Å². The predicted octanol–water partition coefficient (Wildman–Crippen LogP) is 2.34. The second-order valence-corrected chi connectivity index (χ2v) is 5.84. The summed E-state index contributed by atoms with van der Waals surface area (Å²) in [5.41, 5.74) is 7.24. The number of non-ortho nitro benzene ring substituents is 1. The zero-order valence-electron chi connectivity index (χ0n) is 14.9. The summed E-state index contributed by atoms with van der Waals surface area (Å²) in [6, 6.07) is 13.7. The number of nitrogens with zero attached hydrogens (tertiary/aromatic N) is 1. The van der Waals surface area contributed by atoms with Crippen molar-refractivity contribution in [2.24, 2.45) is 11.7 Å². The maximum absolute atomic E-state index is 12.4. The molecule has 0 spiro atoms. The molecule has 0 amide bonds. The van der Waals surface area contributed by atoms with Crippen LogP contribution in [0.5, 0.6) is 0 Å². The lowest BCUT2D eigenvalue weighted by molar-refractivity contribution is -0.384. The standard InChI is InChI=1S/C19H20N2O6/c1-26-18(22)16(19(23)27-2)15(17(20)12-7-4-3-5-8-12)13-9-6-10-14(11-13)21(24)25/h3-11,15-17H,20H2,1-2H3. The Kier molecular flexibility index (Phi) is 6.62. The summed E-state index contributed by atoms with van der Waals surface area (Å²) < 4.78 is 9.54. The predicted molar refractivity (Wildman–Crippen MR) is 96.7 cm³/mol. The molecule has 2 aromatic rings. The molecule has 0 saturated carbocycles. The number of hydrogen-bond acceptors (Lipinski definition) is 7. The highest BCUT2D eigenvalue weighted by molar-refractivity contribution is 5.96. The Labute approximate surface area is 156 Å². The summed E-state index contributed by atoms with van der Waals surface area (Å²) in [5.74, 6) is -3.96. The van der Waals surface area contributed by atoms with Gasteiger partial charge in [-0.1, -0.05) is 42.5 Å². The van der Waals surface area contributed by atoms with Gasteiger partial charge in [0.05, 0.1) is 19.1 Å². The van der Waals surface area contributed by atoms with Crippen molar-refractivity contribution in [3.05, 3.63) is 75.8 Å². The van der Waals surface area contributed by atoms with Gasteiger partial charge in [-0.05, 0) is 11.1 Å². The van der Waals surface area contributed by atoms with Crippen LogP contribution in [-0.4, -0.2) is 31.1 Å². The first-order valence-electron chi connectivity index (χ1n) is 8.11. The van der Waals surface area contributed by atoms with Crippen molar-refractivity contribution >= 4 is 17.6 Å². The number of rotatable bonds is 7. The second-order valence-electron chi connectivity index (χ2n) is 5.84. The highest BCUT2D eigenvalue weighted by atomic mass is 16.6. The summed E-state index contributed by atoms with van der Waals surface area (Å²) in [6.45, 7) is 0. The van der Waals surface area contributed by atoms with Gasteiger partial charge in [-0.25, -0.2) is 0 Å². The zero-order valence-corrected chi connectivity index (χ0v) is 14.9. The van der Waals surface area contributed by atoms with Gasteiger partial charge in [-0.3, -0.25) is 19.7 Å². The molecule has 2 aromatic carbocycles. The van der Waals surface area contributed by atoms with Gasteiger partial charge >= 0.3 is 11.9 Å². The van der Waals surface area contributed by atoms with E-state index < -0.39 is 34.7 Å². The fourth-order valence-corrected chi connectivity index (χ4v) is 2.98. The van der Waals surface area contributed by atoms with Gasteiger partial charge in [0, 0.05) is 24.1 Å². The van der Waals surface area contributed by atoms with E-state index in [2.05, 4.69) is 0 Å².